The summed E-state index contributed by atoms with van der Waals surface area (Å²) in [5.41, 5.74) is 3.21. The summed E-state index contributed by atoms with van der Waals surface area (Å²) >= 11 is 53.5. The van der Waals surface area contributed by atoms with Gasteiger partial charge >= 0.3 is 37.1 Å². The lowest BCUT2D eigenvalue weighted by Crippen LogP contribution is -2.61. The second-order valence-electron chi connectivity index (χ2n) is 9.79. The van der Waals surface area contributed by atoms with E-state index >= 15 is 0 Å². The minimum absolute atomic E-state index is 0.309. The van der Waals surface area contributed by atoms with Crippen LogP contribution in [-0.2, 0) is 16.5 Å². The van der Waals surface area contributed by atoms with E-state index in [1.54, 1.807) is 0 Å². The van der Waals surface area contributed by atoms with E-state index in [-0.39, 0.29) is 0 Å². The van der Waals surface area contributed by atoms with Crippen LogP contribution in [0.4, 0.5) is 0 Å². The summed E-state index contributed by atoms with van der Waals surface area (Å²) in [4.78, 5) is 0. The number of halogens is 8. The quantitative estimate of drug-likeness (QED) is 0.195. The van der Waals surface area contributed by atoms with Gasteiger partial charge in [-0.3, -0.25) is 0 Å². The monoisotopic (exact) mass is 812 g/mol. The lowest BCUT2D eigenvalue weighted by Gasteiger charge is -2.33. The molecule has 4 nitrogen and oxygen atoms in total. The Bertz CT molecular complexity index is 1500. The minimum Gasteiger partial charge on any atom is -0.407 e. The molecule has 0 N–H and O–H groups in total. The molecular weight excluding hydrogens is 796 g/mol. The summed E-state index contributed by atoms with van der Waals surface area (Å²) in [5.74, 6) is 0. The van der Waals surface area contributed by atoms with Crippen molar-refractivity contribution in [1.29, 1.82) is 0 Å². The van der Waals surface area contributed by atoms with Crippen LogP contribution >= 0.6 is 92.8 Å². The van der Waals surface area contributed by atoms with E-state index in [2.05, 4.69) is 0 Å². The average Bonchev–Trinajstić information content (AvgIpc) is 2.98. The molecule has 44 heavy (non-hydrogen) atoms. The van der Waals surface area contributed by atoms with Gasteiger partial charge < -0.3 is 16.5 Å². The minimum atomic E-state index is -2.47. The van der Waals surface area contributed by atoms with Gasteiger partial charge in [0.2, 0.25) is 0 Å². The van der Waals surface area contributed by atoms with Crippen molar-refractivity contribution in [3.8, 4) is 0 Å². The Morgan fingerprint density at radius 1 is 0.318 bits per heavy atom. The fourth-order valence-corrected chi connectivity index (χ4v) is 17.3. The second kappa shape index (κ2) is 14.6. The number of hydrogen-bond acceptors (Lipinski definition) is 4. The molecule has 1 aliphatic rings. The van der Waals surface area contributed by atoms with Crippen molar-refractivity contribution >= 4 is 151 Å². The highest BCUT2D eigenvalue weighted by molar-refractivity contribution is 6.89. The van der Waals surface area contributed by atoms with E-state index in [0.29, 0.717) is 60.9 Å². The number of benzene rings is 4. The Morgan fingerprint density at radius 2 is 0.500 bits per heavy atom. The zero-order valence-electron chi connectivity index (χ0n) is 23.3. The molecule has 16 heteroatoms. The van der Waals surface area contributed by atoms with Gasteiger partial charge in [-0.25, -0.2) is 0 Å². The summed E-state index contributed by atoms with van der Waals surface area (Å²) in [6.07, 6.45) is 0. The van der Waals surface area contributed by atoms with Gasteiger partial charge in [0.05, 0.1) is 40.2 Å². The Kier molecular flexibility index (Phi) is 11.7. The Labute approximate surface area is 303 Å². The van der Waals surface area contributed by atoms with Gasteiger partial charge in [0, 0.05) is 20.7 Å². The molecule has 0 spiro atoms. The molecule has 4 radical (unpaired) electrons. The van der Waals surface area contributed by atoms with Gasteiger partial charge in [0.1, 0.15) is 0 Å². The van der Waals surface area contributed by atoms with E-state index in [1.165, 1.54) is 0 Å². The molecule has 1 fully saturated rings. The molecule has 1 heterocycles. The van der Waals surface area contributed by atoms with Gasteiger partial charge in [-0.05, 0) is 49.9 Å². The molecule has 1 saturated heterocycles. The smallest absolute Gasteiger partial charge is 0.406 e. The molecule has 4 aromatic rings. The highest BCUT2D eigenvalue weighted by Crippen LogP contribution is 2.30. The van der Waals surface area contributed by atoms with Crippen LogP contribution in [0.2, 0.25) is 40.2 Å². The first kappa shape index (κ1) is 35.2. The van der Waals surface area contributed by atoms with Crippen LogP contribution in [0.25, 0.3) is 0 Å². The van der Waals surface area contributed by atoms with Crippen molar-refractivity contribution in [2.24, 2.45) is 0 Å². The normalized spacial score (nSPS) is 15.9. The van der Waals surface area contributed by atoms with Crippen LogP contribution in [0.15, 0.2) is 48.5 Å². The van der Waals surface area contributed by atoms with Gasteiger partial charge in [0.25, 0.3) is 0 Å². The predicted octanol–water partition coefficient (Wildman–Crippen LogP) is 8.11. The highest BCUT2D eigenvalue weighted by Gasteiger charge is 2.45. The number of aryl methyl sites for hydroxylation is 4. The third kappa shape index (κ3) is 7.03. The third-order valence-electron chi connectivity index (χ3n) is 6.72. The first-order chi connectivity index (χ1) is 20.8. The third-order valence-corrected chi connectivity index (χ3v) is 20.6. The molecule has 5 rings (SSSR count). The van der Waals surface area contributed by atoms with Crippen molar-refractivity contribution in [1.82, 2.24) is 0 Å². The maximum atomic E-state index is 6.80. The number of rotatable bonds is 4. The summed E-state index contributed by atoms with van der Waals surface area (Å²) < 4.78 is 27.2. The molecule has 0 amide bonds. The van der Waals surface area contributed by atoms with Crippen molar-refractivity contribution in [3.05, 3.63) is 111 Å². The lowest BCUT2D eigenvalue weighted by molar-refractivity contribution is 0.309. The summed E-state index contributed by atoms with van der Waals surface area (Å²) in [6, 6.07) is 14.7. The SMILES string of the molecule is Cc1ccc([Si]2O[Si](c3ccc(C)c(Cl)c3Cl)O[Si](c3ccc(C)c(Cl)c3Cl)O[Si](c3ccc(C)c(Cl)c3Cl)O2)c(Cl)c1Cl. The molecule has 0 atom stereocenters. The molecule has 0 saturated carbocycles. The number of hydrogen-bond donors (Lipinski definition) is 0. The lowest BCUT2D eigenvalue weighted by atomic mass is 10.2. The summed E-state index contributed by atoms with van der Waals surface area (Å²) in [5, 5.41) is 5.07. The van der Waals surface area contributed by atoms with Crippen LogP contribution < -0.4 is 20.7 Å². The first-order valence-electron chi connectivity index (χ1n) is 12.8. The van der Waals surface area contributed by atoms with Crippen LogP contribution in [0.3, 0.4) is 0 Å². The summed E-state index contributed by atoms with van der Waals surface area (Å²) in [6.45, 7) is 7.44. The Balaban J connectivity index is 1.71. The first-order valence-corrected chi connectivity index (χ1v) is 21.1. The van der Waals surface area contributed by atoms with E-state index in [1.807, 2.05) is 76.2 Å². The molecule has 0 bridgehead atoms. The van der Waals surface area contributed by atoms with Gasteiger partial charge in [-0.15, -0.1) is 0 Å². The largest absolute Gasteiger partial charge is 0.407 e. The maximum Gasteiger partial charge on any atom is 0.406 e. The molecule has 0 aromatic heterocycles. The van der Waals surface area contributed by atoms with Crippen molar-refractivity contribution in [3.63, 3.8) is 0 Å². The molecule has 4 aromatic carbocycles. The fraction of sp³-hybridized carbons (Fsp3) is 0.143. The molecule has 228 valence electrons. The van der Waals surface area contributed by atoms with E-state index < -0.39 is 37.1 Å². The Hall–Kier alpha value is -0.0925. The van der Waals surface area contributed by atoms with Crippen LogP contribution in [0.5, 0.6) is 0 Å². The standard InChI is InChI=1S/C28H20Cl8O4Si4/c1-13-5-9-17(25(33)21(13)29)41-37-42(18-10-6-14(2)22(30)26(18)34)39-44(20-12-8-16(4)24(32)28(20)36)40-43(38-41)19-11-7-15(3)23(31)27(19)35/h5-12H,1-4H3. The Morgan fingerprint density at radius 3 is 0.682 bits per heavy atom. The van der Waals surface area contributed by atoms with Crippen molar-refractivity contribution in [2.75, 3.05) is 0 Å². The van der Waals surface area contributed by atoms with Gasteiger partial charge in [-0.2, -0.15) is 0 Å². The van der Waals surface area contributed by atoms with Crippen molar-refractivity contribution in [2.45, 2.75) is 27.7 Å². The van der Waals surface area contributed by atoms with Crippen LogP contribution in [0.1, 0.15) is 22.3 Å². The molecular formula is C28H20Cl8O4Si4. The van der Waals surface area contributed by atoms with E-state index in [9.17, 15) is 0 Å². The second-order valence-corrected chi connectivity index (χ2v) is 20.5. The topological polar surface area (TPSA) is 36.9 Å². The zero-order chi connectivity index (χ0) is 32.0. The fourth-order valence-electron chi connectivity index (χ4n) is 4.07. The van der Waals surface area contributed by atoms with Crippen molar-refractivity contribution < 1.29 is 16.5 Å². The van der Waals surface area contributed by atoms with E-state index in [0.717, 1.165) is 22.3 Å². The van der Waals surface area contributed by atoms with Crippen LogP contribution in [-0.4, -0.2) is 37.1 Å². The van der Waals surface area contributed by atoms with Gasteiger partial charge in [-0.1, -0.05) is 141 Å². The van der Waals surface area contributed by atoms with Gasteiger partial charge in [0.15, 0.2) is 0 Å². The highest BCUT2D eigenvalue weighted by atomic mass is 35.5. The molecule has 0 unspecified atom stereocenters. The molecule has 1 aliphatic heterocycles. The predicted molar refractivity (Wildman–Crippen MR) is 191 cm³/mol. The average molecular weight is 816 g/mol. The maximum absolute atomic E-state index is 6.80. The summed E-state index contributed by atoms with van der Waals surface area (Å²) in [7, 11) is -9.89. The van der Waals surface area contributed by atoms with Crippen LogP contribution in [0, 0.1) is 27.7 Å². The zero-order valence-corrected chi connectivity index (χ0v) is 33.3. The van der Waals surface area contributed by atoms with E-state index in [4.69, 9.17) is 109 Å². The molecule has 0 aliphatic carbocycles.